The summed E-state index contributed by atoms with van der Waals surface area (Å²) in [6.07, 6.45) is 7.25. The molecule has 1 N–H and O–H groups in total. The molecule has 4 unspecified atom stereocenters. The number of hydrogen-bond acceptors (Lipinski definition) is 5. The Morgan fingerprint density at radius 2 is 2.00 bits per heavy atom. The third-order valence-electron chi connectivity index (χ3n) is 4.15. The van der Waals surface area contributed by atoms with Crippen LogP contribution in [0.3, 0.4) is 0 Å². The number of benzene rings is 1. The Labute approximate surface area is 150 Å². The summed E-state index contributed by atoms with van der Waals surface area (Å²) in [5.74, 6) is -2.73. The number of hydrogen-bond donors (Lipinski definition) is 1. The third kappa shape index (κ3) is 4.74. The summed E-state index contributed by atoms with van der Waals surface area (Å²) in [5, 5.41) is 11.1. The standard InChI is InChI=1S/C19H26O5Si/c1-4-17(25(22-3)23-5-2)24-19(21)14-10-9-13-16(19)18(20)15-11-7-6-8-12-15/h6-14,16-17,21,25H,4-5H2,1-3H3. The van der Waals surface area contributed by atoms with Crippen molar-refractivity contribution in [2.24, 2.45) is 5.92 Å². The first-order valence-corrected chi connectivity index (χ1v) is 10.2. The van der Waals surface area contributed by atoms with E-state index in [0.29, 0.717) is 18.6 Å². The van der Waals surface area contributed by atoms with Crippen molar-refractivity contribution in [1.29, 1.82) is 0 Å². The van der Waals surface area contributed by atoms with Crippen LogP contribution in [0.15, 0.2) is 54.6 Å². The first-order chi connectivity index (χ1) is 12.1. The predicted octanol–water partition coefficient (Wildman–Crippen LogP) is 2.54. The lowest BCUT2D eigenvalue weighted by Crippen LogP contribution is -2.50. The molecule has 1 aromatic carbocycles. The highest BCUT2D eigenvalue weighted by atomic mass is 28.3. The van der Waals surface area contributed by atoms with Gasteiger partial charge in [-0.05, 0) is 19.4 Å². The van der Waals surface area contributed by atoms with Crippen LogP contribution in [-0.2, 0) is 13.6 Å². The number of aliphatic hydroxyl groups is 1. The molecule has 2 rings (SSSR count). The summed E-state index contributed by atoms with van der Waals surface area (Å²) < 4.78 is 17.1. The highest BCUT2D eigenvalue weighted by Crippen LogP contribution is 2.31. The molecule has 1 aromatic rings. The quantitative estimate of drug-likeness (QED) is 0.415. The predicted molar refractivity (Wildman–Crippen MR) is 98.4 cm³/mol. The van der Waals surface area contributed by atoms with Crippen molar-refractivity contribution in [2.45, 2.75) is 31.8 Å². The summed E-state index contributed by atoms with van der Waals surface area (Å²) >= 11 is 0. The average molecular weight is 362 g/mol. The summed E-state index contributed by atoms with van der Waals surface area (Å²) in [6, 6.07) is 8.92. The van der Waals surface area contributed by atoms with Gasteiger partial charge >= 0.3 is 9.28 Å². The normalized spacial score (nSPS) is 24.9. The lowest BCUT2D eigenvalue weighted by Gasteiger charge is -2.37. The SMILES string of the molecule is CCO[SiH](OC)C(CC)OC1(O)C=CC=CC1C(=O)c1ccccc1. The summed E-state index contributed by atoms with van der Waals surface area (Å²) in [4.78, 5) is 12.9. The molecule has 0 saturated heterocycles. The first-order valence-electron chi connectivity index (χ1n) is 8.55. The maximum absolute atomic E-state index is 12.9. The fourth-order valence-corrected chi connectivity index (χ4v) is 4.54. The largest absolute Gasteiger partial charge is 0.398 e. The van der Waals surface area contributed by atoms with Crippen LogP contribution in [-0.4, -0.2) is 45.4 Å². The number of allylic oxidation sites excluding steroid dienone is 2. The molecule has 4 atom stereocenters. The van der Waals surface area contributed by atoms with Gasteiger partial charge in [0, 0.05) is 19.3 Å². The molecule has 0 radical (unpaired) electrons. The number of Topliss-reactive ketones (excluding diaryl/α,β-unsaturated/α-hetero) is 1. The van der Waals surface area contributed by atoms with Crippen molar-refractivity contribution in [2.75, 3.05) is 13.7 Å². The van der Waals surface area contributed by atoms with E-state index in [2.05, 4.69) is 0 Å². The van der Waals surface area contributed by atoms with Crippen molar-refractivity contribution in [3.8, 4) is 0 Å². The molecule has 0 amide bonds. The van der Waals surface area contributed by atoms with E-state index in [0.717, 1.165) is 0 Å². The molecule has 0 saturated carbocycles. The number of rotatable bonds is 9. The van der Waals surface area contributed by atoms with E-state index >= 15 is 0 Å². The molecule has 0 heterocycles. The lowest BCUT2D eigenvalue weighted by molar-refractivity contribution is -0.199. The Morgan fingerprint density at radius 3 is 2.60 bits per heavy atom. The van der Waals surface area contributed by atoms with Crippen LogP contribution in [0.2, 0.25) is 0 Å². The fourth-order valence-electron chi connectivity index (χ4n) is 2.85. The molecule has 0 bridgehead atoms. The summed E-state index contributed by atoms with van der Waals surface area (Å²) in [6.45, 7) is 4.36. The van der Waals surface area contributed by atoms with Crippen LogP contribution in [0, 0.1) is 5.92 Å². The highest BCUT2D eigenvalue weighted by molar-refractivity contribution is 6.46. The van der Waals surface area contributed by atoms with Crippen LogP contribution in [0.1, 0.15) is 30.6 Å². The van der Waals surface area contributed by atoms with Gasteiger partial charge in [0.15, 0.2) is 11.6 Å². The Kier molecular flexibility index (Phi) is 7.28. The van der Waals surface area contributed by atoms with Crippen molar-refractivity contribution in [3.63, 3.8) is 0 Å². The summed E-state index contributed by atoms with van der Waals surface area (Å²) in [5.41, 5.74) is 0.157. The maximum atomic E-state index is 12.9. The van der Waals surface area contributed by atoms with Crippen molar-refractivity contribution in [1.82, 2.24) is 0 Å². The zero-order chi connectivity index (χ0) is 18.3. The van der Waals surface area contributed by atoms with Crippen LogP contribution >= 0.6 is 0 Å². The fraction of sp³-hybridized carbons (Fsp3) is 0.421. The van der Waals surface area contributed by atoms with Gasteiger partial charge in [-0.25, -0.2) is 0 Å². The van der Waals surface area contributed by atoms with E-state index in [1.807, 2.05) is 19.9 Å². The van der Waals surface area contributed by atoms with Crippen LogP contribution in [0.5, 0.6) is 0 Å². The van der Waals surface area contributed by atoms with Crippen molar-refractivity contribution >= 4 is 15.1 Å². The Balaban J connectivity index is 2.24. The number of ketones is 1. The van der Waals surface area contributed by atoms with Gasteiger partial charge in [-0.1, -0.05) is 55.5 Å². The molecule has 0 spiro atoms. The topological polar surface area (TPSA) is 65.0 Å². The molecule has 6 heteroatoms. The van der Waals surface area contributed by atoms with E-state index in [-0.39, 0.29) is 11.5 Å². The molecular weight excluding hydrogens is 336 g/mol. The number of ether oxygens (including phenoxy) is 1. The van der Waals surface area contributed by atoms with E-state index < -0.39 is 21.0 Å². The van der Waals surface area contributed by atoms with E-state index in [1.165, 1.54) is 6.08 Å². The molecule has 136 valence electrons. The molecule has 0 aromatic heterocycles. The van der Waals surface area contributed by atoms with Crippen molar-refractivity contribution in [3.05, 3.63) is 60.2 Å². The maximum Gasteiger partial charge on any atom is 0.351 e. The minimum absolute atomic E-state index is 0.189. The Bertz CT molecular complexity index is 616. The van der Waals surface area contributed by atoms with Crippen LogP contribution < -0.4 is 0 Å². The van der Waals surface area contributed by atoms with Gasteiger partial charge in [0.1, 0.15) is 5.73 Å². The minimum atomic E-state index is -2.13. The van der Waals surface area contributed by atoms with E-state index in [1.54, 1.807) is 49.6 Å². The van der Waals surface area contributed by atoms with Gasteiger partial charge in [-0.3, -0.25) is 4.79 Å². The van der Waals surface area contributed by atoms with E-state index in [4.69, 9.17) is 13.6 Å². The number of carbonyl (C=O) groups is 1. The van der Waals surface area contributed by atoms with Gasteiger partial charge in [-0.2, -0.15) is 0 Å². The smallest absolute Gasteiger partial charge is 0.351 e. The molecule has 5 nitrogen and oxygen atoms in total. The first kappa shape index (κ1) is 19.7. The Morgan fingerprint density at radius 1 is 1.28 bits per heavy atom. The molecular formula is C19H26O5Si. The summed E-state index contributed by atoms with van der Waals surface area (Å²) in [7, 11) is -0.537. The monoisotopic (exact) mass is 362 g/mol. The van der Waals surface area contributed by atoms with E-state index in [9.17, 15) is 9.90 Å². The highest BCUT2D eigenvalue weighted by Gasteiger charge is 2.44. The zero-order valence-corrected chi connectivity index (χ0v) is 16.1. The second-order valence-electron chi connectivity index (χ2n) is 5.83. The van der Waals surface area contributed by atoms with Gasteiger partial charge in [0.25, 0.3) is 0 Å². The molecule has 0 aliphatic heterocycles. The number of carbonyl (C=O) groups excluding carboxylic acids is 1. The molecule has 1 aliphatic rings. The Hall–Kier alpha value is -1.57. The molecule has 1 aliphatic carbocycles. The van der Waals surface area contributed by atoms with Gasteiger partial charge in [-0.15, -0.1) is 0 Å². The lowest BCUT2D eigenvalue weighted by atomic mass is 9.86. The molecule has 25 heavy (non-hydrogen) atoms. The average Bonchev–Trinajstić information content (AvgIpc) is 2.65. The van der Waals surface area contributed by atoms with Gasteiger partial charge < -0.3 is 18.7 Å². The van der Waals surface area contributed by atoms with Crippen molar-refractivity contribution < 1.29 is 23.5 Å². The van der Waals surface area contributed by atoms with Crippen LogP contribution in [0.25, 0.3) is 0 Å². The second kappa shape index (κ2) is 9.21. The third-order valence-corrected chi connectivity index (χ3v) is 6.49. The van der Waals surface area contributed by atoms with Gasteiger partial charge in [0.05, 0.1) is 5.92 Å². The zero-order valence-electron chi connectivity index (χ0n) is 14.9. The minimum Gasteiger partial charge on any atom is -0.398 e. The molecule has 0 fully saturated rings. The second-order valence-corrected chi connectivity index (χ2v) is 8.11. The van der Waals surface area contributed by atoms with Gasteiger partial charge in [0.2, 0.25) is 0 Å². The van der Waals surface area contributed by atoms with Crippen LogP contribution in [0.4, 0.5) is 0 Å².